The van der Waals surface area contributed by atoms with Crippen LogP contribution in [-0.2, 0) is 11.2 Å². The van der Waals surface area contributed by atoms with Crippen LogP contribution >= 0.6 is 0 Å². The van der Waals surface area contributed by atoms with E-state index >= 15 is 0 Å². The van der Waals surface area contributed by atoms with E-state index in [1.165, 1.54) is 0 Å². The number of likely N-dealkylation sites (tertiary alicyclic amines) is 1. The summed E-state index contributed by atoms with van der Waals surface area (Å²) < 4.78 is 5.83. The average molecular weight is 299 g/mol. The maximum atomic E-state index is 12.3. The lowest BCUT2D eigenvalue weighted by Crippen LogP contribution is -2.39. The third-order valence-corrected chi connectivity index (χ3v) is 4.20. The van der Waals surface area contributed by atoms with E-state index in [1.807, 2.05) is 37.3 Å². The van der Waals surface area contributed by atoms with Crippen LogP contribution in [0.25, 0.3) is 17.0 Å². The van der Waals surface area contributed by atoms with Crippen molar-refractivity contribution in [2.45, 2.75) is 32.3 Å². The highest BCUT2D eigenvalue weighted by Gasteiger charge is 2.19. The molecule has 0 aliphatic carbocycles. The minimum Gasteiger partial charge on any atom is -0.460 e. The molecule has 3 rings (SSSR count). The highest BCUT2D eigenvalue weighted by Crippen LogP contribution is 2.27. The Hall–Kier alpha value is -2.07. The predicted octanol–water partition coefficient (Wildman–Crippen LogP) is 2.99. The van der Waals surface area contributed by atoms with Gasteiger partial charge in [0.1, 0.15) is 11.3 Å². The van der Waals surface area contributed by atoms with Gasteiger partial charge in [0.15, 0.2) is 0 Å². The zero-order chi connectivity index (χ0) is 15.5. The first-order chi connectivity index (χ1) is 10.7. The lowest BCUT2D eigenvalue weighted by Gasteiger charge is -2.28. The van der Waals surface area contributed by atoms with Crippen LogP contribution in [0.1, 0.15) is 31.1 Å². The van der Waals surface area contributed by atoms with Crippen molar-refractivity contribution in [3.05, 3.63) is 41.7 Å². The van der Waals surface area contributed by atoms with Crippen LogP contribution in [-0.4, -0.2) is 35.1 Å². The van der Waals surface area contributed by atoms with Crippen LogP contribution < -0.4 is 0 Å². The number of aliphatic hydroxyl groups excluding tert-OH is 1. The van der Waals surface area contributed by atoms with Crippen LogP contribution in [0.2, 0.25) is 0 Å². The molecule has 1 aliphatic rings. The number of aliphatic hydroxyl groups is 1. The molecule has 0 atom stereocenters. The van der Waals surface area contributed by atoms with E-state index in [4.69, 9.17) is 4.42 Å². The number of amides is 1. The Kier molecular flexibility index (Phi) is 4.29. The molecule has 116 valence electrons. The minimum atomic E-state index is -0.266. The summed E-state index contributed by atoms with van der Waals surface area (Å²) in [6.07, 6.45) is 5.32. The van der Waals surface area contributed by atoms with Crippen LogP contribution in [0.4, 0.5) is 0 Å². The first-order valence-electron chi connectivity index (χ1n) is 7.84. The maximum Gasteiger partial charge on any atom is 0.246 e. The zero-order valence-electron chi connectivity index (χ0n) is 12.8. The number of benzene rings is 1. The molecule has 2 aromatic rings. The van der Waals surface area contributed by atoms with Gasteiger partial charge in [-0.1, -0.05) is 25.1 Å². The molecule has 1 fully saturated rings. The van der Waals surface area contributed by atoms with Gasteiger partial charge < -0.3 is 14.4 Å². The fraction of sp³-hybridized carbons (Fsp3) is 0.389. The number of para-hydroxylation sites is 1. The first kappa shape index (κ1) is 14.9. The van der Waals surface area contributed by atoms with Gasteiger partial charge in [-0.2, -0.15) is 0 Å². The van der Waals surface area contributed by atoms with Crippen molar-refractivity contribution in [1.29, 1.82) is 0 Å². The number of hydrogen-bond donors (Lipinski definition) is 1. The molecule has 0 unspecified atom stereocenters. The van der Waals surface area contributed by atoms with Gasteiger partial charge >= 0.3 is 0 Å². The number of piperidine rings is 1. The Labute approximate surface area is 130 Å². The third kappa shape index (κ3) is 2.92. The van der Waals surface area contributed by atoms with Gasteiger partial charge in [-0.25, -0.2) is 0 Å². The van der Waals surface area contributed by atoms with Gasteiger partial charge in [-0.05, 0) is 25.0 Å². The summed E-state index contributed by atoms with van der Waals surface area (Å²) in [7, 11) is 0. The molecule has 0 spiro atoms. The largest absolute Gasteiger partial charge is 0.460 e. The van der Waals surface area contributed by atoms with Gasteiger partial charge in [0.25, 0.3) is 0 Å². The van der Waals surface area contributed by atoms with E-state index in [2.05, 4.69) is 0 Å². The molecule has 1 N–H and O–H groups in total. The van der Waals surface area contributed by atoms with Crippen LogP contribution in [0, 0.1) is 0 Å². The van der Waals surface area contributed by atoms with E-state index in [9.17, 15) is 9.90 Å². The Morgan fingerprint density at radius 1 is 1.36 bits per heavy atom. The van der Waals surface area contributed by atoms with E-state index in [1.54, 1.807) is 11.0 Å². The molecule has 1 saturated heterocycles. The second kappa shape index (κ2) is 6.36. The Balaban J connectivity index is 1.81. The van der Waals surface area contributed by atoms with Crippen LogP contribution in [0.5, 0.6) is 0 Å². The highest BCUT2D eigenvalue weighted by atomic mass is 16.3. The predicted molar refractivity (Wildman–Crippen MR) is 86.4 cm³/mol. The van der Waals surface area contributed by atoms with Crippen LogP contribution in [0.15, 0.2) is 34.8 Å². The summed E-state index contributed by atoms with van der Waals surface area (Å²) in [6.45, 7) is 3.29. The summed E-state index contributed by atoms with van der Waals surface area (Å²) in [5.41, 5.74) is 1.84. The molecular formula is C18H21NO3. The second-order valence-electron chi connectivity index (χ2n) is 5.68. The minimum absolute atomic E-state index is 0.000709. The van der Waals surface area contributed by atoms with Crippen molar-refractivity contribution < 1.29 is 14.3 Å². The summed E-state index contributed by atoms with van der Waals surface area (Å²) in [5, 5.41) is 10.5. The summed E-state index contributed by atoms with van der Waals surface area (Å²) in [4.78, 5) is 14.1. The molecule has 0 saturated carbocycles. The standard InChI is InChI=1S/C18H21NO3/c1-2-16-15(14-5-3-4-6-17(14)22-16)7-8-18(21)19-11-9-13(20)10-12-19/h3-8,13,20H,2,9-12H2,1H3. The smallest absolute Gasteiger partial charge is 0.246 e. The molecule has 0 radical (unpaired) electrons. The third-order valence-electron chi connectivity index (χ3n) is 4.20. The van der Waals surface area contributed by atoms with Crippen LogP contribution in [0.3, 0.4) is 0 Å². The number of rotatable bonds is 3. The quantitative estimate of drug-likeness (QED) is 0.886. The molecule has 4 nitrogen and oxygen atoms in total. The van der Waals surface area contributed by atoms with Gasteiger partial charge in [0.2, 0.25) is 5.91 Å². The monoisotopic (exact) mass is 299 g/mol. The lowest BCUT2D eigenvalue weighted by atomic mass is 10.1. The molecule has 22 heavy (non-hydrogen) atoms. The second-order valence-corrected chi connectivity index (χ2v) is 5.68. The molecule has 1 aliphatic heterocycles. The van der Waals surface area contributed by atoms with Gasteiger partial charge in [0, 0.05) is 36.5 Å². The van der Waals surface area contributed by atoms with Crippen molar-refractivity contribution in [2.24, 2.45) is 0 Å². The van der Waals surface area contributed by atoms with E-state index < -0.39 is 0 Å². The van der Waals surface area contributed by atoms with Gasteiger partial charge in [-0.3, -0.25) is 4.79 Å². The number of nitrogens with zero attached hydrogens (tertiary/aromatic N) is 1. The molecular weight excluding hydrogens is 278 g/mol. The molecule has 2 heterocycles. The summed E-state index contributed by atoms with van der Waals surface area (Å²) >= 11 is 0. The molecule has 4 heteroatoms. The molecule has 1 aromatic heterocycles. The van der Waals surface area contributed by atoms with Gasteiger partial charge in [-0.15, -0.1) is 0 Å². The van der Waals surface area contributed by atoms with Crippen molar-refractivity contribution in [3.8, 4) is 0 Å². The number of carbonyl (C=O) groups excluding carboxylic acids is 1. The first-order valence-corrected chi connectivity index (χ1v) is 7.84. The fourth-order valence-electron chi connectivity index (χ4n) is 2.91. The van der Waals surface area contributed by atoms with Crippen molar-refractivity contribution in [1.82, 2.24) is 4.90 Å². The van der Waals surface area contributed by atoms with Gasteiger partial charge in [0.05, 0.1) is 6.10 Å². The number of aryl methyl sites for hydroxylation is 1. The maximum absolute atomic E-state index is 12.3. The molecule has 1 amide bonds. The normalized spacial score (nSPS) is 16.7. The topological polar surface area (TPSA) is 53.7 Å². The summed E-state index contributed by atoms with van der Waals surface area (Å²) in [6, 6.07) is 7.88. The highest BCUT2D eigenvalue weighted by molar-refractivity contribution is 5.96. The molecule has 0 bridgehead atoms. The van der Waals surface area contributed by atoms with Crippen molar-refractivity contribution >= 4 is 23.0 Å². The Morgan fingerprint density at radius 2 is 2.09 bits per heavy atom. The van der Waals surface area contributed by atoms with Crippen molar-refractivity contribution in [2.75, 3.05) is 13.1 Å². The number of carbonyl (C=O) groups is 1. The molecule has 1 aromatic carbocycles. The summed E-state index contributed by atoms with van der Waals surface area (Å²) in [5.74, 6) is 0.901. The zero-order valence-corrected chi connectivity index (χ0v) is 12.8. The Morgan fingerprint density at radius 3 is 2.82 bits per heavy atom. The lowest BCUT2D eigenvalue weighted by molar-refractivity contribution is -0.127. The Bertz CT molecular complexity index is 693. The van der Waals surface area contributed by atoms with Crippen molar-refractivity contribution in [3.63, 3.8) is 0 Å². The number of hydrogen-bond acceptors (Lipinski definition) is 3. The fourth-order valence-corrected chi connectivity index (χ4v) is 2.91. The average Bonchev–Trinajstić information content (AvgIpc) is 2.91. The number of furan rings is 1. The number of fused-ring (bicyclic) bond motifs is 1. The van der Waals surface area contributed by atoms with E-state index in [0.717, 1.165) is 28.7 Å². The SMILES string of the molecule is CCc1oc2ccccc2c1C=CC(=O)N1CCC(O)CC1. The van der Waals surface area contributed by atoms with E-state index in [0.29, 0.717) is 25.9 Å². The van der Waals surface area contributed by atoms with E-state index in [-0.39, 0.29) is 12.0 Å².